The predicted octanol–water partition coefficient (Wildman–Crippen LogP) is 6.60. The Balaban J connectivity index is 1.85. The normalized spacial score (nSPS) is 11.5. The van der Waals surface area contributed by atoms with Crippen LogP contribution in [0.2, 0.25) is 0 Å². The molecule has 0 aliphatic carbocycles. The van der Waals surface area contributed by atoms with Gasteiger partial charge in [-0.25, -0.2) is 0 Å². The van der Waals surface area contributed by atoms with E-state index in [0.29, 0.717) is 0 Å². The molecule has 1 aromatic heterocycles. The summed E-state index contributed by atoms with van der Waals surface area (Å²) in [6.45, 7) is 1.70. The number of carbonyl (C=O) groups excluding carboxylic acids is 1. The van der Waals surface area contributed by atoms with Crippen LogP contribution in [0.4, 0.5) is 0 Å². The van der Waals surface area contributed by atoms with Crippen molar-refractivity contribution in [1.82, 2.24) is 0 Å². The summed E-state index contributed by atoms with van der Waals surface area (Å²) in [4.78, 5) is 13.6. The van der Waals surface area contributed by atoms with E-state index in [-0.39, 0.29) is 5.78 Å². The zero-order valence-corrected chi connectivity index (χ0v) is 19.7. The second-order valence-electron chi connectivity index (χ2n) is 7.94. The molecule has 0 atom stereocenters. The lowest BCUT2D eigenvalue weighted by Gasteiger charge is -2.28. The number of hydrogen-bond acceptors (Lipinski definition) is 2. The molecular formula is C29H24OPS+. The maximum absolute atomic E-state index is 12.8. The lowest BCUT2D eigenvalue weighted by atomic mass is 10.1. The molecule has 0 fully saturated rings. The molecule has 1 nitrogen and oxygen atoms in total. The zero-order chi connectivity index (χ0) is 22.0. The number of benzene rings is 4. The Morgan fingerprint density at radius 1 is 0.656 bits per heavy atom. The van der Waals surface area contributed by atoms with Gasteiger partial charge >= 0.3 is 0 Å². The van der Waals surface area contributed by atoms with Crippen molar-refractivity contribution in [2.75, 3.05) is 0 Å². The van der Waals surface area contributed by atoms with Crippen molar-refractivity contribution < 1.29 is 4.79 Å². The fourth-order valence-electron chi connectivity index (χ4n) is 4.55. The number of carbonyl (C=O) groups is 1. The monoisotopic (exact) mass is 451 g/mol. The first-order valence-corrected chi connectivity index (χ1v) is 13.6. The van der Waals surface area contributed by atoms with Crippen LogP contribution in [0.1, 0.15) is 22.2 Å². The number of ketones is 1. The highest BCUT2D eigenvalue weighted by Gasteiger charge is 2.46. The molecule has 0 N–H and O–H groups in total. The maximum atomic E-state index is 12.8. The highest BCUT2D eigenvalue weighted by atomic mass is 32.1. The number of Topliss-reactive ketones (excluding diaryl/α,β-unsaturated/α-hetero) is 1. The predicted molar refractivity (Wildman–Crippen MR) is 141 cm³/mol. The smallest absolute Gasteiger partial charge is 0.170 e. The lowest BCUT2D eigenvalue weighted by Crippen LogP contribution is -2.32. The van der Waals surface area contributed by atoms with Crippen LogP contribution < -0.4 is 15.9 Å². The SMILES string of the molecule is CC(=O)c1sc2ccccc2c1C[P+](c1ccccc1)(c1ccccc1)c1ccccc1. The van der Waals surface area contributed by atoms with Crippen LogP contribution >= 0.6 is 18.6 Å². The summed E-state index contributed by atoms with van der Waals surface area (Å²) < 4.78 is 1.18. The minimum atomic E-state index is -2.06. The third kappa shape index (κ3) is 3.60. The van der Waals surface area contributed by atoms with E-state index in [1.54, 1.807) is 18.3 Å². The van der Waals surface area contributed by atoms with Gasteiger partial charge in [-0.3, -0.25) is 4.79 Å². The number of thiophene rings is 1. The molecule has 0 saturated heterocycles. The molecule has 0 unspecified atom stereocenters. The van der Waals surface area contributed by atoms with Crippen molar-refractivity contribution in [2.45, 2.75) is 13.1 Å². The van der Waals surface area contributed by atoms with Crippen molar-refractivity contribution in [3.8, 4) is 0 Å². The highest BCUT2D eigenvalue weighted by molar-refractivity contribution is 7.95. The second kappa shape index (κ2) is 8.82. The van der Waals surface area contributed by atoms with E-state index in [4.69, 9.17) is 0 Å². The van der Waals surface area contributed by atoms with Crippen molar-refractivity contribution in [3.05, 3.63) is 126 Å². The summed E-state index contributed by atoms with van der Waals surface area (Å²) in [6, 6.07) is 41.0. The van der Waals surface area contributed by atoms with E-state index in [9.17, 15) is 4.79 Å². The fraction of sp³-hybridized carbons (Fsp3) is 0.0690. The van der Waals surface area contributed by atoms with Crippen molar-refractivity contribution in [3.63, 3.8) is 0 Å². The quantitative estimate of drug-likeness (QED) is 0.210. The van der Waals surface area contributed by atoms with E-state index in [0.717, 1.165) is 11.0 Å². The van der Waals surface area contributed by atoms with E-state index in [1.807, 2.05) is 0 Å². The van der Waals surface area contributed by atoms with Crippen molar-refractivity contribution >= 4 is 50.4 Å². The summed E-state index contributed by atoms with van der Waals surface area (Å²) in [5, 5.41) is 5.21. The molecule has 4 aromatic carbocycles. The first-order valence-electron chi connectivity index (χ1n) is 10.8. The average molecular weight is 452 g/mol. The van der Waals surface area contributed by atoms with Crippen LogP contribution in [0.3, 0.4) is 0 Å². The van der Waals surface area contributed by atoms with Crippen LogP contribution in [0, 0.1) is 0 Å². The van der Waals surface area contributed by atoms with Gasteiger partial charge in [-0.2, -0.15) is 0 Å². The standard InChI is InChI=1S/C29H24OPS/c1-22(30)29-27(26-19-11-12-20-28(26)32-29)21-31(23-13-5-2-6-14-23,24-15-7-3-8-16-24)25-17-9-4-10-18-25/h2-20H,21H2,1H3/q+1. The van der Waals surface area contributed by atoms with Gasteiger partial charge in [0.15, 0.2) is 5.78 Å². The summed E-state index contributed by atoms with van der Waals surface area (Å²) >= 11 is 1.63. The Hall–Kier alpha value is -3.06. The summed E-state index contributed by atoms with van der Waals surface area (Å²) in [7, 11) is -2.06. The molecule has 0 spiro atoms. The molecule has 32 heavy (non-hydrogen) atoms. The molecule has 5 rings (SSSR count). The van der Waals surface area contributed by atoms with Gasteiger partial charge in [0.05, 0.1) is 4.88 Å². The largest absolute Gasteiger partial charge is 0.294 e. The van der Waals surface area contributed by atoms with Gasteiger partial charge in [0.1, 0.15) is 29.3 Å². The third-order valence-electron chi connectivity index (χ3n) is 6.00. The summed E-state index contributed by atoms with van der Waals surface area (Å²) in [5.41, 5.74) is 1.18. The van der Waals surface area contributed by atoms with Crippen LogP contribution in [0.5, 0.6) is 0 Å². The maximum Gasteiger partial charge on any atom is 0.170 e. The molecule has 0 aliphatic heterocycles. The Labute approximate surface area is 193 Å². The van der Waals surface area contributed by atoms with Gasteiger partial charge in [0.25, 0.3) is 0 Å². The van der Waals surface area contributed by atoms with E-state index < -0.39 is 7.26 Å². The van der Waals surface area contributed by atoms with Crippen LogP contribution in [0.15, 0.2) is 115 Å². The minimum Gasteiger partial charge on any atom is -0.294 e. The first-order chi connectivity index (χ1) is 15.7. The second-order valence-corrected chi connectivity index (χ2v) is 12.5. The first kappa shape index (κ1) is 20.8. The molecule has 3 heteroatoms. The zero-order valence-electron chi connectivity index (χ0n) is 17.9. The molecule has 5 aromatic rings. The average Bonchev–Trinajstić information content (AvgIpc) is 3.23. The van der Waals surface area contributed by atoms with E-state index in [2.05, 4.69) is 115 Å². The summed E-state index contributed by atoms with van der Waals surface area (Å²) in [6.07, 6.45) is 0.823. The van der Waals surface area contributed by atoms with Gasteiger partial charge in [-0.1, -0.05) is 72.8 Å². The van der Waals surface area contributed by atoms with Gasteiger partial charge in [-0.05, 0) is 49.4 Å². The van der Waals surface area contributed by atoms with Crippen molar-refractivity contribution in [1.29, 1.82) is 0 Å². The Morgan fingerprint density at radius 3 is 1.56 bits per heavy atom. The molecule has 156 valence electrons. The molecule has 0 radical (unpaired) electrons. The fourth-order valence-corrected chi connectivity index (χ4v) is 10.1. The molecule has 0 aliphatic rings. The van der Waals surface area contributed by atoms with Gasteiger partial charge in [0, 0.05) is 15.6 Å². The molecule has 0 bridgehead atoms. The Bertz CT molecular complexity index is 1260. The molecule has 1 heterocycles. The molecule has 0 saturated carbocycles. The lowest BCUT2D eigenvalue weighted by molar-refractivity contribution is 0.102. The number of rotatable bonds is 6. The van der Waals surface area contributed by atoms with Gasteiger partial charge in [0.2, 0.25) is 0 Å². The Morgan fingerprint density at radius 2 is 1.09 bits per heavy atom. The molecule has 0 amide bonds. The minimum absolute atomic E-state index is 0.147. The van der Waals surface area contributed by atoms with Crippen LogP contribution in [0.25, 0.3) is 10.1 Å². The number of hydrogen-bond donors (Lipinski definition) is 0. The van der Waals surface area contributed by atoms with Crippen LogP contribution in [-0.4, -0.2) is 5.78 Å². The van der Waals surface area contributed by atoms with Crippen molar-refractivity contribution in [2.24, 2.45) is 0 Å². The highest BCUT2D eigenvalue weighted by Crippen LogP contribution is 2.59. The van der Waals surface area contributed by atoms with Crippen LogP contribution in [-0.2, 0) is 6.16 Å². The third-order valence-corrected chi connectivity index (χ3v) is 11.6. The molecular weight excluding hydrogens is 427 g/mol. The number of fused-ring (bicyclic) bond motifs is 1. The van der Waals surface area contributed by atoms with E-state index in [1.165, 1.54) is 31.6 Å². The van der Waals surface area contributed by atoms with E-state index >= 15 is 0 Å². The summed E-state index contributed by atoms with van der Waals surface area (Å²) in [5.74, 6) is 0.147. The van der Waals surface area contributed by atoms with Gasteiger partial charge < -0.3 is 0 Å². The topological polar surface area (TPSA) is 17.1 Å². The van der Waals surface area contributed by atoms with Gasteiger partial charge in [-0.15, -0.1) is 11.3 Å². The Kier molecular flexibility index (Phi) is 5.74.